The standard InChI is InChI=1S/C22H31F3N2O2S/c1-22(2,3)30(29)12-15(6-14-9-19(24)20(25)10-18(14)23)13-7-16-4-5-17(8-13)27(16)21(28)11-26/h9-10,13,15-17H,4-8,11-12,26H2,1-3H3/t13?,15-,16-,17+,30-/m1/s1. The fourth-order valence-corrected chi connectivity index (χ4v) is 6.20. The van der Waals surface area contributed by atoms with Crippen molar-refractivity contribution in [2.45, 2.75) is 69.7 Å². The van der Waals surface area contributed by atoms with Crippen molar-refractivity contribution in [3.05, 3.63) is 35.1 Å². The number of nitrogens with zero attached hydrogens (tertiary/aromatic N) is 1. The minimum atomic E-state index is -1.21. The molecule has 0 saturated carbocycles. The molecule has 3 rings (SSSR count). The molecular weight excluding hydrogens is 413 g/mol. The van der Waals surface area contributed by atoms with Crippen LogP contribution < -0.4 is 5.73 Å². The van der Waals surface area contributed by atoms with E-state index in [9.17, 15) is 22.2 Å². The number of fused-ring (bicyclic) bond motifs is 2. The topological polar surface area (TPSA) is 63.4 Å². The summed E-state index contributed by atoms with van der Waals surface area (Å²) in [5.74, 6) is -2.78. The Kier molecular flexibility index (Phi) is 6.97. The highest BCUT2D eigenvalue weighted by atomic mass is 32.2. The summed E-state index contributed by atoms with van der Waals surface area (Å²) in [4.78, 5) is 14.1. The molecule has 1 aromatic rings. The van der Waals surface area contributed by atoms with Gasteiger partial charge in [-0.25, -0.2) is 13.2 Å². The Hall–Kier alpha value is -1.41. The van der Waals surface area contributed by atoms with E-state index in [0.29, 0.717) is 11.8 Å². The van der Waals surface area contributed by atoms with Crippen LogP contribution in [0.3, 0.4) is 0 Å². The first-order chi connectivity index (χ1) is 14.0. The summed E-state index contributed by atoms with van der Waals surface area (Å²) in [7, 11) is -1.17. The molecule has 8 heteroatoms. The maximum Gasteiger partial charge on any atom is 0.236 e. The van der Waals surface area contributed by atoms with Crippen molar-refractivity contribution >= 4 is 16.7 Å². The van der Waals surface area contributed by atoms with Crippen molar-refractivity contribution in [2.24, 2.45) is 17.6 Å². The zero-order valence-corrected chi connectivity index (χ0v) is 18.6. The Morgan fingerprint density at radius 3 is 2.23 bits per heavy atom. The van der Waals surface area contributed by atoms with Gasteiger partial charge in [0.1, 0.15) is 5.82 Å². The Bertz CT molecular complexity index is 813. The molecule has 0 aromatic heterocycles. The summed E-state index contributed by atoms with van der Waals surface area (Å²) < 4.78 is 54.0. The highest BCUT2D eigenvalue weighted by Gasteiger charge is 2.45. The number of rotatable bonds is 6. The molecule has 2 aliphatic heterocycles. The average molecular weight is 445 g/mol. The van der Waals surface area contributed by atoms with Crippen molar-refractivity contribution in [2.75, 3.05) is 12.3 Å². The molecule has 0 spiro atoms. The van der Waals surface area contributed by atoms with Gasteiger partial charge in [0.15, 0.2) is 11.6 Å². The number of benzene rings is 1. The molecule has 2 saturated heterocycles. The first-order valence-electron chi connectivity index (χ1n) is 10.5. The van der Waals surface area contributed by atoms with Crippen LogP contribution in [0.1, 0.15) is 52.0 Å². The van der Waals surface area contributed by atoms with Gasteiger partial charge in [-0.15, -0.1) is 0 Å². The summed E-state index contributed by atoms with van der Waals surface area (Å²) in [6.45, 7) is 5.66. The highest BCUT2D eigenvalue weighted by Crippen LogP contribution is 2.43. The number of hydrogen-bond donors (Lipinski definition) is 1. The minimum Gasteiger partial charge on any atom is -0.336 e. The summed E-state index contributed by atoms with van der Waals surface area (Å²) in [6, 6.07) is 1.67. The summed E-state index contributed by atoms with van der Waals surface area (Å²) in [6.07, 6.45) is 3.47. The third kappa shape index (κ3) is 4.90. The van der Waals surface area contributed by atoms with E-state index in [1.54, 1.807) is 0 Å². The van der Waals surface area contributed by atoms with E-state index in [2.05, 4.69) is 0 Å². The van der Waals surface area contributed by atoms with Gasteiger partial charge in [-0.1, -0.05) is 0 Å². The van der Waals surface area contributed by atoms with E-state index in [-0.39, 0.29) is 48.4 Å². The lowest BCUT2D eigenvalue weighted by Crippen LogP contribution is -2.50. The second-order valence-corrected chi connectivity index (χ2v) is 11.8. The number of halogens is 3. The number of hydrogen-bond acceptors (Lipinski definition) is 3. The zero-order valence-electron chi connectivity index (χ0n) is 17.8. The van der Waals surface area contributed by atoms with E-state index in [1.165, 1.54) is 0 Å². The molecule has 2 heterocycles. The van der Waals surface area contributed by atoms with Crippen LogP contribution in [0.4, 0.5) is 13.2 Å². The maximum absolute atomic E-state index is 14.4. The van der Waals surface area contributed by atoms with Gasteiger partial charge >= 0.3 is 0 Å². The van der Waals surface area contributed by atoms with Gasteiger partial charge in [-0.2, -0.15) is 0 Å². The predicted octanol–water partition coefficient (Wildman–Crippen LogP) is 3.54. The van der Waals surface area contributed by atoms with Crippen molar-refractivity contribution in [3.8, 4) is 0 Å². The Labute approximate surface area is 178 Å². The molecule has 1 unspecified atom stereocenters. The maximum atomic E-state index is 14.4. The Morgan fingerprint density at radius 1 is 1.13 bits per heavy atom. The molecule has 2 bridgehead atoms. The monoisotopic (exact) mass is 444 g/mol. The SMILES string of the molecule is CC(C)(C)[S@](=O)C[C@@H](Cc1cc(F)c(F)cc1F)C1C[C@H]2CC[C@@H](C1)N2C(=O)CN. The van der Waals surface area contributed by atoms with E-state index in [1.807, 2.05) is 25.7 Å². The number of carbonyl (C=O) groups is 1. The van der Waals surface area contributed by atoms with E-state index in [4.69, 9.17) is 5.73 Å². The quantitative estimate of drug-likeness (QED) is 0.683. The van der Waals surface area contributed by atoms with Crippen LogP contribution in [0, 0.1) is 29.3 Å². The zero-order chi connectivity index (χ0) is 22.2. The number of nitrogens with two attached hydrogens (primary N) is 1. The summed E-state index contributed by atoms with van der Waals surface area (Å²) in [5.41, 5.74) is 5.68. The fourth-order valence-electron chi connectivity index (χ4n) is 4.93. The van der Waals surface area contributed by atoms with E-state index in [0.717, 1.165) is 31.7 Å². The van der Waals surface area contributed by atoms with Crippen LogP contribution in [0.25, 0.3) is 0 Å². The molecular formula is C22H31F3N2O2S. The van der Waals surface area contributed by atoms with Crippen molar-refractivity contribution < 1.29 is 22.2 Å². The minimum absolute atomic E-state index is 0.0186. The molecule has 2 fully saturated rings. The van der Waals surface area contributed by atoms with Crippen molar-refractivity contribution in [3.63, 3.8) is 0 Å². The lowest BCUT2D eigenvalue weighted by atomic mass is 9.78. The first-order valence-corrected chi connectivity index (χ1v) is 11.9. The predicted molar refractivity (Wildman–Crippen MR) is 112 cm³/mol. The summed E-state index contributed by atoms with van der Waals surface area (Å²) in [5, 5.41) is 0. The molecule has 5 atom stereocenters. The lowest BCUT2D eigenvalue weighted by Gasteiger charge is -2.42. The van der Waals surface area contributed by atoms with Gasteiger partial charge < -0.3 is 10.6 Å². The molecule has 4 nitrogen and oxygen atoms in total. The van der Waals surface area contributed by atoms with Crippen LogP contribution in [0.15, 0.2) is 12.1 Å². The Morgan fingerprint density at radius 2 is 1.70 bits per heavy atom. The average Bonchev–Trinajstić information content (AvgIpc) is 2.93. The number of carbonyl (C=O) groups excluding carboxylic acids is 1. The second-order valence-electron chi connectivity index (χ2n) is 9.57. The largest absolute Gasteiger partial charge is 0.336 e. The molecule has 30 heavy (non-hydrogen) atoms. The summed E-state index contributed by atoms with van der Waals surface area (Å²) >= 11 is 0. The molecule has 2 N–H and O–H groups in total. The number of piperidine rings is 1. The lowest BCUT2D eigenvalue weighted by molar-refractivity contribution is -0.135. The van der Waals surface area contributed by atoms with E-state index < -0.39 is 33.0 Å². The van der Waals surface area contributed by atoms with Crippen molar-refractivity contribution in [1.82, 2.24) is 4.90 Å². The fraction of sp³-hybridized carbons (Fsp3) is 0.682. The van der Waals surface area contributed by atoms with Gasteiger partial charge in [0.2, 0.25) is 5.91 Å². The van der Waals surface area contributed by atoms with Gasteiger partial charge in [0, 0.05) is 39.4 Å². The van der Waals surface area contributed by atoms with Gasteiger partial charge in [-0.3, -0.25) is 9.00 Å². The highest BCUT2D eigenvalue weighted by molar-refractivity contribution is 7.86. The van der Waals surface area contributed by atoms with Crippen LogP contribution in [-0.2, 0) is 22.0 Å². The molecule has 0 radical (unpaired) electrons. The second kappa shape index (κ2) is 8.99. The van der Waals surface area contributed by atoms with Gasteiger partial charge in [-0.05, 0) is 76.3 Å². The molecule has 1 aromatic carbocycles. The van der Waals surface area contributed by atoms with E-state index >= 15 is 0 Å². The smallest absolute Gasteiger partial charge is 0.236 e. The third-order valence-corrected chi connectivity index (χ3v) is 8.62. The van der Waals surface area contributed by atoms with Crippen LogP contribution in [-0.4, -0.2) is 44.1 Å². The number of amides is 1. The molecule has 2 aliphatic rings. The first kappa shape index (κ1) is 23.3. The molecule has 168 valence electrons. The van der Waals surface area contributed by atoms with Crippen LogP contribution in [0.5, 0.6) is 0 Å². The van der Waals surface area contributed by atoms with Crippen molar-refractivity contribution in [1.29, 1.82) is 0 Å². The van der Waals surface area contributed by atoms with Gasteiger partial charge in [0.05, 0.1) is 6.54 Å². The van der Waals surface area contributed by atoms with Crippen LogP contribution in [0.2, 0.25) is 0 Å². The van der Waals surface area contributed by atoms with Crippen LogP contribution >= 0.6 is 0 Å². The normalized spacial score (nSPS) is 26.0. The Balaban J connectivity index is 1.85. The molecule has 0 aliphatic carbocycles. The van der Waals surface area contributed by atoms with Gasteiger partial charge in [0.25, 0.3) is 0 Å². The third-order valence-electron chi connectivity index (χ3n) is 6.52. The molecule has 1 amide bonds.